The van der Waals surface area contributed by atoms with Crippen molar-refractivity contribution >= 4 is 23.2 Å². The Labute approximate surface area is 231 Å². The SMILES string of the molecule is CCN(CCCN1CCC(=C(c2ccccc2)c2ccccc2)CC1)C(=O)C1(c2cccnc2)NCCS1. The maximum atomic E-state index is 13.8. The Morgan fingerprint density at radius 3 is 2.24 bits per heavy atom. The van der Waals surface area contributed by atoms with E-state index in [2.05, 4.69) is 82.8 Å². The fraction of sp³-hybridized carbons (Fsp3) is 0.375. The van der Waals surface area contributed by atoms with Gasteiger partial charge in [0.1, 0.15) is 0 Å². The van der Waals surface area contributed by atoms with Crippen molar-refractivity contribution in [1.82, 2.24) is 20.1 Å². The summed E-state index contributed by atoms with van der Waals surface area (Å²) in [5.74, 6) is 1.09. The first-order valence-corrected chi connectivity index (χ1v) is 14.8. The van der Waals surface area contributed by atoms with Gasteiger partial charge >= 0.3 is 0 Å². The molecule has 38 heavy (non-hydrogen) atoms. The van der Waals surface area contributed by atoms with E-state index in [1.165, 1.54) is 16.7 Å². The van der Waals surface area contributed by atoms with E-state index in [-0.39, 0.29) is 5.91 Å². The molecule has 1 unspecified atom stereocenters. The van der Waals surface area contributed by atoms with Gasteiger partial charge in [-0.2, -0.15) is 0 Å². The second-order valence-corrected chi connectivity index (χ2v) is 11.3. The van der Waals surface area contributed by atoms with E-state index in [0.29, 0.717) is 6.54 Å². The molecular formula is C32H38N4OS. The highest BCUT2D eigenvalue weighted by molar-refractivity contribution is 8.01. The molecule has 2 aromatic carbocycles. The molecular weight excluding hydrogens is 488 g/mol. The first-order chi connectivity index (χ1) is 18.7. The standard InChI is InChI=1S/C32H38N4OS/c1-2-36(31(37)32(34-19-24-38-32)29-15-9-18-33-25-29)21-10-20-35-22-16-28(17-23-35)30(26-11-5-3-6-12-26)27-13-7-4-8-14-27/h3-9,11-15,18,25,34H,2,10,16-17,19-24H2,1H3. The van der Waals surface area contributed by atoms with Crippen molar-refractivity contribution in [2.45, 2.75) is 31.1 Å². The number of likely N-dealkylation sites (N-methyl/N-ethyl adjacent to an activating group) is 1. The smallest absolute Gasteiger partial charge is 0.258 e. The van der Waals surface area contributed by atoms with E-state index in [4.69, 9.17) is 0 Å². The van der Waals surface area contributed by atoms with Crippen LogP contribution in [0.2, 0.25) is 0 Å². The maximum absolute atomic E-state index is 13.8. The van der Waals surface area contributed by atoms with Crippen molar-refractivity contribution in [3.05, 3.63) is 107 Å². The first kappa shape index (κ1) is 26.7. The number of amides is 1. The highest BCUT2D eigenvalue weighted by atomic mass is 32.2. The molecule has 6 heteroatoms. The monoisotopic (exact) mass is 526 g/mol. The summed E-state index contributed by atoms with van der Waals surface area (Å²) in [6, 6.07) is 25.6. The molecule has 2 aliphatic rings. The number of hydrogen-bond donors (Lipinski definition) is 1. The minimum absolute atomic E-state index is 0.162. The molecule has 0 bridgehead atoms. The van der Waals surface area contributed by atoms with Crippen LogP contribution in [0.1, 0.15) is 42.9 Å². The van der Waals surface area contributed by atoms with Gasteiger partial charge in [-0.15, -0.1) is 11.8 Å². The number of thioether (sulfide) groups is 1. The van der Waals surface area contributed by atoms with Crippen LogP contribution in [0, 0.1) is 0 Å². The van der Waals surface area contributed by atoms with Gasteiger partial charge in [0.05, 0.1) is 0 Å². The van der Waals surface area contributed by atoms with Crippen molar-refractivity contribution < 1.29 is 4.79 Å². The molecule has 0 saturated carbocycles. The van der Waals surface area contributed by atoms with Gasteiger partial charge in [-0.3, -0.25) is 15.1 Å². The van der Waals surface area contributed by atoms with Crippen LogP contribution in [0.3, 0.4) is 0 Å². The van der Waals surface area contributed by atoms with Crippen molar-refractivity contribution in [1.29, 1.82) is 0 Å². The van der Waals surface area contributed by atoms with Gasteiger partial charge in [-0.1, -0.05) is 72.3 Å². The van der Waals surface area contributed by atoms with Crippen LogP contribution >= 0.6 is 11.8 Å². The lowest BCUT2D eigenvalue weighted by Gasteiger charge is -2.34. The number of nitrogens with zero attached hydrogens (tertiary/aromatic N) is 3. The number of piperidine rings is 1. The lowest BCUT2D eigenvalue weighted by molar-refractivity contribution is -0.134. The summed E-state index contributed by atoms with van der Waals surface area (Å²) in [7, 11) is 0. The van der Waals surface area contributed by atoms with Gasteiger partial charge in [-0.05, 0) is 55.5 Å². The highest BCUT2D eigenvalue weighted by Crippen LogP contribution is 2.39. The topological polar surface area (TPSA) is 48.5 Å². The Kier molecular flexibility index (Phi) is 8.94. The third kappa shape index (κ3) is 5.88. The predicted octanol–water partition coefficient (Wildman–Crippen LogP) is 5.41. The number of hydrogen-bond acceptors (Lipinski definition) is 5. The minimum atomic E-state index is -0.708. The lowest BCUT2D eigenvalue weighted by Crippen LogP contribution is -2.51. The summed E-state index contributed by atoms with van der Waals surface area (Å²) in [4.78, 5) is 21.9. The molecule has 1 aromatic heterocycles. The molecule has 5 nitrogen and oxygen atoms in total. The molecule has 2 aliphatic heterocycles. The number of aromatic nitrogens is 1. The van der Waals surface area contributed by atoms with E-state index in [1.54, 1.807) is 23.5 Å². The number of likely N-dealkylation sites (tertiary alicyclic amines) is 1. The highest BCUT2D eigenvalue weighted by Gasteiger charge is 2.45. The molecule has 2 saturated heterocycles. The van der Waals surface area contributed by atoms with Gasteiger partial charge in [0.15, 0.2) is 4.87 Å². The minimum Gasteiger partial charge on any atom is -0.340 e. The number of pyridine rings is 1. The second-order valence-electron chi connectivity index (χ2n) is 9.99. The molecule has 2 fully saturated rings. The van der Waals surface area contributed by atoms with E-state index in [0.717, 1.165) is 63.3 Å². The Morgan fingerprint density at radius 2 is 1.68 bits per heavy atom. The molecule has 1 N–H and O–H groups in total. The largest absolute Gasteiger partial charge is 0.340 e. The lowest BCUT2D eigenvalue weighted by atomic mass is 9.88. The van der Waals surface area contributed by atoms with Crippen LogP contribution in [-0.2, 0) is 9.67 Å². The Bertz CT molecular complexity index is 1160. The van der Waals surface area contributed by atoms with Crippen LogP contribution in [0.4, 0.5) is 0 Å². The zero-order valence-corrected chi connectivity index (χ0v) is 23.1. The average molecular weight is 527 g/mol. The van der Waals surface area contributed by atoms with E-state index in [9.17, 15) is 4.79 Å². The van der Waals surface area contributed by atoms with Crippen LogP contribution in [0.5, 0.6) is 0 Å². The van der Waals surface area contributed by atoms with Gasteiger partial charge in [0.2, 0.25) is 0 Å². The predicted molar refractivity (Wildman–Crippen MR) is 158 cm³/mol. The Balaban J connectivity index is 1.20. The summed E-state index contributed by atoms with van der Waals surface area (Å²) < 4.78 is 0. The second kappa shape index (κ2) is 12.7. The summed E-state index contributed by atoms with van der Waals surface area (Å²) in [6.45, 7) is 7.56. The van der Waals surface area contributed by atoms with Crippen LogP contribution in [-0.4, -0.2) is 65.7 Å². The fourth-order valence-corrected chi connectivity index (χ4v) is 6.95. The fourth-order valence-electron chi connectivity index (χ4n) is 5.69. The maximum Gasteiger partial charge on any atom is 0.258 e. The molecule has 198 valence electrons. The number of benzene rings is 2. The van der Waals surface area contributed by atoms with Crippen molar-refractivity contribution in [3.8, 4) is 0 Å². The molecule has 1 atom stereocenters. The molecule has 0 aliphatic carbocycles. The summed E-state index contributed by atoms with van der Waals surface area (Å²) in [5, 5.41) is 3.50. The zero-order chi connectivity index (χ0) is 26.2. The zero-order valence-electron chi connectivity index (χ0n) is 22.3. The van der Waals surface area contributed by atoms with Gasteiger partial charge in [0.25, 0.3) is 5.91 Å². The number of rotatable bonds is 9. The summed E-state index contributed by atoms with van der Waals surface area (Å²) in [6.07, 6.45) is 6.74. The van der Waals surface area contributed by atoms with Crippen LogP contribution in [0.25, 0.3) is 5.57 Å². The summed E-state index contributed by atoms with van der Waals surface area (Å²) >= 11 is 1.70. The molecule has 5 rings (SSSR count). The quantitative estimate of drug-likeness (QED) is 0.404. The van der Waals surface area contributed by atoms with Crippen LogP contribution in [0.15, 0.2) is 90.8 Å². The van der Waals surface area contributed by atoms with Crippen molar-refractivity contribution in [2.75, 3.05) is 45.0 Å². The van der Waals surface area contributed by atoms with E-state index < -0.39 is 4.87 Å². The summed E-state index contributed by atoms with van der Waals surface area (Å²) in [5.41, 5.74) is 6.51. The van der Waals surface area contributed by atoms with Crippen LogP contribution < -0.4 is 5.32 Å². The molecule has 0 spiro atoms. The first-order valence-electron chi connectivity index (χ1n) is 13.9. The molecule has 1 amide bonds. The number of carbonyl (C=O) groups is 1. The molecule has 3 heterocycles. The van der Waals surface area contributed by atoms with E-state index >= 15 is 0 Å². The van der Waals surface area contributed by atoms with Crippen molar-refractivity contribution in [3.63, 3.8) is 0 Å². The average Bonchev–Trinajstić information content (AvgIpc) is 3.49. The molecule has 0 radical (unpaired) electrons. The normalized spacial score (nSPS) is 19.9. The third-order valence-electron chi connectivity index (χ3n) is 7.67. The molecule has 3 aromatic rings. The number of nitrogens with one attached hydrogen (secondary N) is 1. The number of carbonyl (C=O) groups excluding carboxylic acids is 1. The third-order valence-corrected chi connectivity index (χ3v) is 9.07. The Hall–Kier alpha value is -2.93. The van der Waals surface area contributed by atoms with E-state index in [1.807, 2.05) is 23.2 Å². The van der Waals surface area contributed by atoms with Crippen molar-refractivity contribution in [2.24, 2.45) is 0 Å². The van der Waals surface area contributed by atoms with Gasteiger partial charge in [-0.25, -0.2) is 0 Å². The Morgan fingerprint density at radius 1 is 1.00 bits per heavy atom. The van der Waals surface area contributed by atoms with Gasteiger partial charge in [0, 0.05) is 56.4 Å². The van der Waals surface area contributed by atoms with Gasteiger partial charge < -0.3 is 9.80 Å².